The van der Waals surface area contributed by atoms with Gasteiger partial charge in [-0.3, -0.25) is 18.5 Å². The fraction of sp³-hybridized carbons (Fsp3) is 0.640. The lowest BCUT2D eigenvalue weighted by Crippen LogP contribution is -2.53. The third kappa shape index (κ3) is 7.96. The van der Waals surface area contributed by atoms with E-state index in [1.165, 1.54) is 32.0 Å². The van der Waals surface area contributed by atoms with Gasteiger partial charge >= 0.3 is 19.0 Å². The van der Waals surface area contributed by atoms with E-state index in [4.69, 9.17) is 38.5 Å². The topological polar surface area (TPSA) is 261 Å². The molecular formula is C25H36N7O13PS. The lowest BCUT2D eigenvalue weighted by molar-refractivity contribution is -0.0751. The van der Waals surface area contributed by atoms with Crippen LogP contribution in [0.2, 0.25) is 0 Å². The van der Waals surface area contributed by atoms with Crippen LogP contribution in [0, 0.1) is 0 Å². The molecule has 0 aromatic carbocycles. The number of hydrogen-bond acceptors (Lipinski definition) is 18. The number of urea groups is 1. The van der Waals surface area contributed by atoms with Gasteiger partial charge in [0.2, 0.25) is 0 Å². The van der Waals surface area contributed by atoms with Crippen molar-refractivity contribution in [2.24, 2.45) is 0 Å². The van der Waals surface area contributed by atoms with Crippen LogP contribution in [0.1, 0.15) is 26.5 Å². The highest BCUT2D eigenvalue weighted by Gasteiger charge is 2.53. The molecule has 2 aromatic heterocycles. The van der Waals surface area contributed by atoms with E-state index in [0.29, 0.717) is 22.5 Å². The Hall–Kier alpha value is -3.11. The Morgan fingerprint density at radius 1 is 1.23 bits per heavy atom. The first-order chi connectivity index (χ1) is 22.4. The molecule has 0 radical (unpaired) electrons. The Balaban J connectivity index is 1.32. The molecule has 2 aromatic rings. The second kappa shape index (κ2) is 15.0. The van der Waals surface area contributed by atoms with Crippen LogP contribution in [0.5, 0.6) is 0 Å². The molecule has 9 atom stereocenters. The first kappa shape index (κ1) is 35.2. The third-order valence-corrected chi connectivity index (χ3v) is 10.6. The highest BCUT2D eigenvalue weighted by atomic mass is 32.7. The minimum absolute atomic E-state index is 0.0996. The molecule has 22 heteroatoms. The zero-order valence-corrected chi connectivity index (χ0v) is 27.1. The number of aliphatic hydroxyl groups excluding tert-OH is 3. The summed E-state index contributed by atoms with van der Waals surface area (Å²) in [6.07, 6.45) is -4.91. The van der Waals surface area contributed by atoms with Crippen molar-refractivity contribution < 1.29 is 62.2 Å². The predicted octanol–water partition coefficient (Wildman–Crippen LogP) is 0.409. The maximum atomic E-state index is 14.2. The van der Waals surface area contributed by atoms with E-state index in [0.717, 1.165) is 4.90 Å². The zero-order valence-electron chi connectivity index (χ0n) is 25.4. The molecular weight excluding hydrogens is 669 g/mol. The van der Waals surface area contributed by atoms with Gasteiger partial charge in [-0.15, -0.1) is 0 Å². The quantitative estimate of drug-likeness (QED) is 0.107. The van der Waals surface area contributed by atoms with Gasteiger partial charge in [0.25, 0.3) is 0 Å². The van der Waals surface area contributed by atoms with Gasteiger partial charge in [0.1, 0.15) is 48.7 Å². The third-order valence-electron chi connectivity index (χ3n) is 7.22. The second-order valence-electron chi connectivity index (χ2n) is 10.7. The molecule has 3 aliphatic heterocycles. The summed E-state index contributed by atoms with van der Waals surface area (Å²) in [5.74, 6) is -0.361. The molecule has 0 saturated carbocycles. The van der Waals surface area contributed by atoms with Crippen LogP contribution < -0.4 is 11.1 Å². The molecule has 5 rings (SSSR count). The number of aliphatic hydroxyl groups is 3. The van der Waals surface area contributed by atoms with Gasteiger partial charge in [0, 0.05) is 31.1 Å². The highest BCUT2D eigenvalue weighted by molar-refractivity contribution is 8.55. The molecule has 2 saturated heterocycles. The van der Waals surface area contributed by atoms with Gasteiger partial charge in [-0.2, -0.15) is 0 Å². The molecule has 47 heavy (non-hydrogen) atoms. The average molecular weight is 706 g/mol. The van der Waals surface area contributed by atoms with Gasteiger partial charge in [0.15, 0.2) is 23.6 Å². The summed E-state index contributed by atoms with van der Waals surface area (Å²) in [6, 6.07) is -0.725. The molecule has 6 N–H and O–H groups in total. The smallest absolute Gasteiger partial charge is 0.432 e. The molecule has 2 fully saturated rings. The number of carbonyl (C=O) groups excluding carboxylic acids is 2. The van der Waals surface area contributed by atoms with E-state index in [2.05, 4.69) is 20.3 Å². The summed E-state index contributed by atoms with van der Waals surface area (Å²) in [5, 5.41) is 32.9. The van der Waals surface area contributed by atoms with Crippen LogP contribution in [0.15, 0.2) is 24.9 Å². The van der Waals surface area contributed by atoms with Gasteiger partial charge in [-0.1, -0.05) is 0 Å². The molecule has 260 valence electrons. The first-order valence-corrected chi connectivity index (χ1v) is 17.5. The lowest BCUT2D eigenvalue weighted by Gasteiger charge is -2.33. The molecule has 0 bridgehead atoms. The Morgan fingerprint density at radius 3 is 2.72 bits per heavy atom. The number of ether oxygens (including phenoxy) is 5. The Morgan fingerprint density at radius 2 is 2.02 bits per heavy atom. The Kier molecular flexibility index (Phi) is 11.2. The van der Waals surface area contributed by atoms with Crippen molar-refractivity contribution in [2.75, 3.05) is 32.0 Å². The number of nitrogens with one attached hydrogen (secondary N) is 1. The van der Waals surface area contributed by atoms with Crippen LogP contribution >= 0.6 is 18.2 Å². The van der Waals surface area contributed by atoms with E-state index in [1.54, 1.807) is 18.4 Å². The number of rotatable bonds is 13. The number of nitrogens with zero attached hydrogens (tertiary/aromatic N) is 5. The number of carbonyl (C=O) groups is 2. The second-order valence-corrected chi connectivity index (χ2v) is 14.7. The van der Waals surface area contributed by atoms with E-state index in [-0.39, 0.29) is 12.2 Å². The van der Waals surface area contributed by atoms with Crippen LogP contribution in [-0.4, -0.2) is 127 Å². The van der Waals surface area contributed by atoms with E-state index < -0.39 is 93.4 Å². The molecule has 2 amide bonds. The van der Waals surface area contributed by atoms with Crippen molar-refractivity contribution in [3.05, 3.63) is 24.9 Å². The normalized spacial score (nSPS) is 30.5. The van der Waals surface area contributed by atoms with E-state index >= 15 is 0 Å². The number of anilines is 1. The average Bonchev–Trinajstić information content (AvgIpc) is 3.71. The predicted molar refractivity (Wildman–Crippen MR) is 160 cm³/mol. The highest BCUT2D eigenvalue weighted by Crippen LogP contribution is 2.63. The molecule has 0 aliphatic carbocycles. The first-order valence-electron chi connectivity index (χ1n) is 14.3. The van der Waals surface area contributed by atoms with Crippen molar-refractivity contribution in [3.8, 4) is 0 Å². The monoisotopic (exact) mass is 705 g/mol. The standard InChI is InChI=1S/C25H36N7O13PS/c1-12(2)42-25(37)40-11-47-46(38,45-19-14(7-33)44-23(20(19)39-3)31-5-4-16(35)30-24(31)36)41-8-15-13(34)6-17(43-15)32-10-29-18-21(26)27-9-28-22(18)32/h4-5,9-10,12-17,19-20,23,33-35H,6-8,11H2,1-3H3,(H,30,36)(H2,26,27,28)/t13?,14-,15-,16?,17-,19?,20+,23-,46+/m1/s1. The summed E-state index contributed by atoms with van der Waals surface area (Å²) in [5.41, 5.74) is 6.62. The summed E-state index contributed by atoms with van der Waals surface area (Å²) in [6.45, 7) is -2.21. The minimum atomic E-state index is -4.37. The SMILES string of the molecule is CO[C@H]1C(O[P@](=O)(OC[C@H]2O[C@@H](n3cnc4c(N)ncnc43)CC2O)SCOC(=O)OC(C)C)[C@@H](CO)O[C@H]1N1C=CC(O)NC1=O. The molecule has 3 aliphatic rings. The maximum Gasteiger partial charge on any atom is 0.509 e. The van der Waals surface area contributed by atoms with Crippen molar-refractivity contribution in [1.29, 1.82) is 0 Å². The number of nitrogens with two attached hydrogens (primary N) is 1. The largest absolute Gasteiger partial charge is 0.509 e. The fourth-order valence-electron chi connectivity index (χ4n) is 5.04. The van der Waals surface area contributed by atoms with Gasteiger partial charge < -0.3 is 50.1 Å². The van der Waals surface area contributed by atoms with Crippen LogP contribution in [0.25, 0.3) is 11.2 Å². The molecule has 0 spiro atoms. The van der Waals surface area contributed by atoms with Crippen molar-refractivity contribution in [2.45, 2.75) is 75.6 Å². The van der Waals surface area contributed by atoms with Crippen molar-refractivity contribution in [3.63, 3.8) is 0 Å². The van der Waals surface area contributed by atoms with E-state index in [1.807, 2.05) is 0 Å². The van der Waals surface area contributed by atoms with Crippen LogP contribution in [0.3, 0.4) is 0 Å². The number of imidazole rings is 1. The summed E-state index contributed by atoms with van der Waals surface area (Å²) >= 11 is 0.488. The summed E-state index contributed by atoms with van der Waals surface area (Å²) in [7, 11) is 1.29. The molecule has 3 unspecified atom stereocenters. The Labute approximate surface area is 271 Å². The van der Waals surface area contributed by atoms with E-state index in [9.17, 15) is 29.5 Å². The number of amides is 2. The lowest BCUT2D eigenvalue weighted by atomic mass is 10.1. The molecule has 20 nitrogen and oxygen atoms in total. The number of methoxy groups -OCH3 is 1. The van der Waals surface area contributed by atoms with Crippen LogP contribution in [0.4, 0.5) is 15.4 Å². The van der Waals surface area contributed by atoms with Gasteiger partial charge in [-0.05, 0) is 19.9 Å². The number of aromatic nitrogens is 4. The zero-order chi connectivity index (χ0) is 33.9. The number of hydrogen-bond donors (Lipinski definition) is 5. The van der Waals surface area contributed by atoms with Gasteiger partial charge in [0.05, 0.1) is 31.7 Å². The fourth-order valence-corrected chi connectivity index (χ4v) is 7.83. The van der Waals surface area contributed by atoms with Gasteiger partial charge in [-0.25, -0.2) is 29.1 Å². The minimum Gasteiger partial charge on any atom is -0.432 e. The number of fused-ring (bicyclic) bond motifs is 1. The maximum absolute atomic E-state index is 14.2. The summed E-state index contributed by atoms with van der Waals surface area (Å²) < 4.78 is 54.9. The van der Waals surface area contributed by atoms with Crippen LogP contribution in [-0.2, 0) is 37.3 Å². The Bertz CT molecular complexity index is 1500. The van der Waals surface area contributed by atoms with Crippen molar-refractivity contribution >= 4 is 47.3 Å². The summed E-state index contributed by atoms with van der Waals surface area (Å²) in [4.78, 5) is 37.9. The molecule has 5 heterocycles. The number of nitrogen functional groups attached to an aromatic ring is 1. The van der Waals surface area contributed by atoms with Crippen molar-refractivity contribution in [1.82, 2.24) is 29.7 Å².